The highest BCUT2D eigenvalue weighted by Crippen LogP contribution is 2.14. The topological polar surface area (TPSA) is 67.4 Å². The van der Waals surface area contributed by atoms with Crippen molar-refractivity contribution in [3.63, 3.8) is 0 Å². The number of hydrogen-bond donors (Lipinski definition) is 2. The van der Waals surface area contributed by atoms with Gasteiger partial charge >= 0.3 is 6.09 Å². The molecule has 0 aromatic rings. The number of amides is 1. The van der Waals surface area contributed by atoms with Crippen LogP contribution in [0.15, 0.2) is 12.2 Å². The summed E-state index contributed by atoms with van der Waals surface area (Å²) in [4.78, 5) is 23.0. The fraction of sp³-hybridized carbons (Fsp3) is 0.765. The van der Waals surface area contributed by atoms with Crippen molar-refractivity contribution >= 4 is 11.9 Å². The molecule has 0 aromatic heterocycles. The molecule has 1 unspecified atom stereocenters. The van der Waals surface area contributed by atoms with E-state index in [9.17, 15) is 9.59 Å². The van der Waals surface area contributed by atoms with E-state index in [1.165, 1.54) is 12.8 Å². The van der Waals surface area contributed by atoms with Crippen LogP contribution >= 0.6 is 0 Å². The van der Waals surface area contributed by atoms with Gasteiger partial charge < -0.3 is 15.4 Å². The Morgan fingerprint density at radius 2 is 2.09 bits per heavy atom. The van der Waals surface area contributed by atoms with Crippen LogP contribution in [0.3, 0.4) is 0 Å². The number of allylic oxidation sites excluding steroid dienone is 1. The Hall–Kier alpha value is -1.36. The molecule has 0 saturated heterocycles. The Morgan fingerprint density at radius 3 is 2.82 bits per heavy atom. The Kier molecular flexibility index (Phi) is 9.55. The lowest BCUT2D eigenvalue weighted by Gasteiger charge is -2.17. The summed E-state index contributed by atoms with van der Waals surface area (Å²) < 4.78 is 5.41. The largest absolute Gasteiger partial charge is 0.442 e. The first kappa shape index (κ1) is 18.7. The molecule has 22 heavy (non-hydrogen) atoms. The van der Waals surface area contributed by atoms with Gasteiger partial charge in [0, 0.05) is 6.54 Å². The first-order chi connectivity index (χ1) is 10.6. The van der Waals surface area contributed by atoms with E-state index in [4.69, 9.17) is 4.74 Å². The lowest BCUT2D eigenvalue weighted by atomic mass is 10.0. The molecule has 126 valence electrons. The summed E-state index contributed by atoms with van der Waals surface area (Å²) in [5.74, 6) is 0.158. The third-order valence-electron chi connectivity index (χ3n) is 4.00. The number of ether oxygens (including phenoxy) is 1. The lowest BCUT2D eigenvalue weighted by molar-refractivity contribution is -0.119. The van der Waals surface area contributed by atoms with E-state index < -0.39 is 0 Å². The summed E-state index contributed by atoms with van der Waals surface area (Å²) in [6, 6.07) is -0.0768. The van der Waals surface area contributed by atoms with Gasteiger partial charge in [0.2, 0.25) is 0 Å². The second kappa shape index (κ2) is 11.2. The van der Waals surface area contributed by atoms with Crippen LogP contribution in [0.5, 0.6) is 0 Å². The van der Waals surface area contributed by atoms with Crippen molar-refractivity contribution in [1.29, 1.82) is 0 Å². The van der Waals surface area contributed by atoms with E-state index in [1.54, 1.807) is 14.0 Å². The highest BCUT2D eigenvalue weighted by Gasteiger charge is 2.13. The average Bonchev–Trinajstić information content (AvgIpc) is 2.45. The maximum absolute atomic E-state index is 11.7. The SMILES string of the molecule is CN[C@H](CCCCNC(=O)OC1/C=C/CCCCC1)C(C)=O. The van der Waals surface area contributed by atoms with Crippen molar-refractivity contribution in [2.45, 2.75) is 70.4 Å². The zero-order valence-electron chi connectivity index (χ0n) is 13.9. The van der Waals surface area contributed by atoms with Gasteiger partial charge in [-0.3, -0.25) is 4.79 Å². The molecule has 1 aliphatic rings. The number of likely N-dealkylation sites (N-methyl/N-ethyl adjacent to an activating group) is 1. The normalized spacial score (nSPS) is 21.3. The Bertz CT molecular complexity index is 369. The molecule has 0 aromatic carbocycles. The van der Waals surface area contributed by atoms with Gasteiger partial charge in [-0.25, -0.2) is 4.79 Å². The predicted octanol–water partition coefficient (Wildman–Crippen LogP) is 2.95. The van der Waals surface area contributed by atoms with Crippen LogP contribution in [-0.2, 0) is 9.53 Å². The van der Waals surface area contributed by atoms with E-state index in [0.717, 1.165) is 38.5 Å². The fourth-order valence-electron chi connectivity index (χ4n) is 2.62. The Balaban J connectivity index is 2.12. The molecule has 0 saturated carbocycles. The van der Waals surface area contributed by atoms with Crippen molar-refractivity contribution in [1.82, 2.24) is 10.6 Å². The number of carbonyl (C=O) groups is 2. The predicted molar refractivity (Wildman–Crippen MR) is 87.9 cm³/mol. The van der Waals surface area contributed by atoms with Crippen LogP contribution in [0.1, 0.15) is 58.3 Å². The number of nitrogens with one attached hydrogen (secondary N) is 2. The first-order valence-electron chi connectivity index (χ1n) is 8.42. The maximum atomic E-state index is 11.7. The Morgan fingerprint density at radius 1 is 1.27 bits per heavy atom. The maximum Gasteiger partial charge on any atom is 0.407 e. The molecule has 0 bridgehead atoms. The molecule has 0 radical (unpaired) electrons. The number of ketones is 1. The number of unbranched alkanes of at least 4 members (excludes halogenated alkanes) is 1. The zero-order chi connectivity index (χ0) is 16.2. The van der Waals surface area contributed by atoms with Crippen LogP contribution in [0.4, 0.5) is 4.79 Å². The number of Topliss-reactive ketones (excluding diaryl/α,β-unsaturated/α-hetero) is 1. The van der Waals surface area contributed by atoms with Crippen molar-refractivity contribution in [2.75, 3.05) is 13.6 Å². The molecule has 5 nitrogen and oxygen atoms in total. The molecule has 0 fully saturated rings. The quantitative estimate of drug-likeness (QED) is 0.534. The van der Waals surface area contributed by atoms with Crippen LogP contribution < -0.4 is 10.6 Å². The van der Waals surface area contributed by atoms with Gasteiger partial charge in [-0.15, -0.1) is 0 Å². The standard InChI is InChI=1S/C17H30N2O3/c1-14(20)16(18-2)12-8-9-13-19-17(21)22-15-10-6-4-3-5-7-11-15/h6,10,15-16,18H,3-5,7-9,11-13H2,1-2H3,(H,19,21)/b10-6+/t15?,16-/m1/s1. The molecule has 1 rings (SSSR count). The van der Waals surface area contributed by atoms with Crippen LogP contribution in [-0.4, -0.2) is 37.6 Å². The van der Waals surface area contributed by atoms with Crippen molar-refractivity contribution in [2.24, 2.45) is 0 Å². The van der Waals surface area contributed by atoms with Gasteiger partial charge in [-0.1, -0.05) is 12.5 Å². The van der Waals surface area contributed by atoms with Crippen LogP contribution in [0.2, 0.25) is 0 Å². The lowest BCUT2D eigenvalue weighted by Crippen LogP contribution is -2.32. The van der Waals surface area contributed by atoms with Crippen LogP contribution in [0.25, 0.3) is 0 Å². The van der Waals surface area contributed by atoms with Crippen LogP contribution in [0, 0.1) is 0 Å². The van der Waals surface area contributed by atoms with E-state index >= 15 is 0 Å². The van der Waals surface area contributed by atoms with Crippen molar-refractivity contribution < 1.29 is 14.3 Å². The van der Waals surface area contributed by atoms with Crippen molar-refractivity contribution in [3.05, 3.63) is 12.2 Å². The van der Waals surface area contributed by atoms with E-state index in [2.05, 4.69) is 16.7 Å². The molecule has 5 heteroatoms. The Labute approximate surface area is 133 Å². The number of alkyl carbamates (subject to hydrolysis) is 1. The minimum atomic E-state index is -0.341. The minimum absolute atomic E-state index is 0.0768. The molecule has 0 spiro atoms. The molecule has 0 heterocycles. The summed E-state index contributed by atoms with van der Waals surface area (Å²) >= 11 is 0. The van der Waals surface area contributed by atoms with Crippen molar-refractivity contribution in [3.8, 4) is 0 Å². The van der Waals surface area contributed by atoms with Gasteiger partial charge in [-0.05, 0) is 65.0 Å². The highest BCUT2D eigenvalue weighted by atomic mass is 16.6. The smallest absolute Gasteiger partial charge is 0.407 e. The molecule has 1 aliphatic carbocycles. The molecular weight excluding hydrogens is 280 g/mol. The fourth-order valence-corrected chi connectivity index (χ4v) is 2.62. The average molecular weight is 310 g/mol. The zero-order valence-corrected chi connectivity index (χ0v) is 13.9. The first-order valence-corrected chi connectivity index (χ1v) is 8.42. The second-order valence-electron chi connectivity index (χ2n) is 5.88. The highest BCUT2D eigenvalue weighted by molar-refractivity contribution is 5.81. The van der Waals surface area contributed by atoms with Gasteiger partial charge in [0.25, 0.3) is 0 Å². The van der Waals surface area contributed by atoms with Gasteiger partial charge in [0.1, 0.15) is 11.9 Å². The summed E-state index contributed by atoms with van der Waals surface area (Å²) in [7, 11) is 1.80. The van der Waals surface area contributed by atoms with E-state index in [1.807, 2.05) is 6.08 Å². The van der Waals surface area contributed by atoms with E-state index in [-0.39, 0.29) is 24.0 Å². The molecule has 2 atom stereocenters. The minimum Gasteiger partial charge on any atom is -0.442 e. The van der Waals surface area contributed by atoms with E-state index in [0.29, 0.717) is 6.54 Å². The summed E-state index contributed by atoms with van der Waals surface area (Å²) in [6.45, 7) is 2.18. The van der Waals surface area contributed by atoms with Gasteiger partial charge in [0.15, 0.2) is 0 Å². The molecule has 2 N–H and O–H groups in total. The summed E-state index contributed by atoms with van der Waals surface area (Å²) in [5, 5.41) is 5.78. The summed E-state index contributed by atoms with van der Waals surface area (Å²) in [6.07, 6.45) is 11.7. The number of carbonyl (C=O) groups excluding carboxylic acids is 2. The number of rotatable bonds is 8. The third kappa shape index (κ3) is 8.17. The monoisotopic (exact) mass is 310 g/mol. The molecule has 1 amide bonds. The van der Waals surface area contributed by atoms with Gasteiger partial charge in [0.05, 0.1) is 6.04 Å². The van der Waals surface area contributed by atoms with Gasteiger partial charge in [-0.2, -0.15) is 0 Å². The molecular formula is C17H30N2O3. The molecule has 0 aliphatic heterocycles. The summed E-state index contributed by atoms with van der Waals surface area (Å²) in [5.41, 5.74) is 0. The number of hydrogen-bond acceptors (Lipinski definition) is 4. The third-order valence-corrected chi connectivity index (χ3v) is 4.00. The second-order valence-corrected chi connectivity index (χ2v) is 5.88.